The van der Waals surface area contributed by atoms with Gasteiger partial charge in [-0.05, 0) is 42.5 Å². The molecule has 0 atom stereocenters. The highest BCUT2D eigenvalue weighted by Gasteiger charge is 2.04. The van der Waals surface area contributed by atoms with Crippen molar-refractivity contribution in [2.24, 2.45) is 0 Å². The molecule has 0 saturated heterocycles. The van der Waals surface area contributed by atoms with Crippen LogP contribution in [0.5, 0.6) is 0 Å². The highest BCUT2D eigenvalue weighted by Crippen LogP contribution is 2.28. The number of fused-ring (bicyclic) bond motifs is 2. The number of aromatic nitrogens is 3. The fourth-order valence-electron chi connectivity index (χ4n) is 2.40. The Hall–Kier alpha value is -2.59. The number of hydrogen-bond acceptors (Lipinski definition) is 3. The highest BCUT2D eigenvalue weighted by molar-refractivity contribution is 6.31. The summed E-state index contributed by atoms with van der Waals surface area (Å²) in [5.41, 5.74) is 3.86. The van der Waals surface area contributed by atoms with Gasteiger partial charge in [0.2, 0.25) is 0 Å². The van der Waals surface area contributed by atoms with Crippen LogP contribution in [0.1, 0.15) is 0 Å². The van der Waals surface area contributed by atoms with E-state index in [4.69, 9.17) is 11.6 Å². The summed E-state index contributed by atoms with van der Waals surface area (Å²) >= 11 is 6.01. The molecule has 0 aliphatic rings. The molecule has 0 saturated carbocycles. The summed E-state index contributed by atoms with van der Waals surface area (Å²) in [5, 5.41) is 13.2. The molecule has 4 rings (SSSR count). The number of rotatable bonds is 2. The van der Waals surface area contributed by atoms with Crippen molar-refractivity contribution in [2.45, 2.75) is 0 Å². The van der Waals surface area contributed by atoms with E-state index in [1.807, 2.05) is 48.7 Å². The van der Waals surface area contributed by atoms with Gasteiger partial charge in [0.15, 0.2) is 0 Å². The van der Waals surface area contributed by atoms with E-state index in [2.05, 4.69) is 20.5 Å². The van der Waals surface area contributed by atoms with Crippen LogP contribution in [0, 0.1) is 0 Å². The van der Waals surface area contributed by atoms with Gasteiger partial charge in [-0.2, -0.15) is 5.10 Å². The molecular formula is C16H11ClN4. The molecule has 5 heteroatoms. The van der Waals surface area contributed by atoms with Gasteiger partial charge in [-0.15, -0.1) is 0 Å². The van der Waals surface area contributed by atoms with Gasteiger partial charge in [0.25, 0.3) is 0 Å². The molecule has 0 aliphatic heterocycles. The van der Waals surface area contributed by atoms with Crippen LogP contribution in [-0.4, -0.2) is 15.2 Å². The number of anilines is 2. The lowest BCUT2D eigenvalue weighted by Crippen LogP contribution is -1.92. The quantitative estimate of drug-likeness (QED) is 0.572. The van der Waals surface area contributed by atoms with Crippen LogP contribution < -0.4 is 5.32 Å². The third kappa shape index (κ3) is 2.19. The average Bonchev–Trinajstić information content (AvgIpc) is 2.95. The fraction of sp³-hybridized carbons (Fsp3) is 0. The fourth-order valence-corrected chi connectivity index (χ4v) is 2.57. The van der Waals surface area contributed by atoms with Gasteiger partial charge in [-0.3, -0.25) is 10.1 Å². The van der Waals surface area contributed by atoms with Crippen molar-refractivity contribution in [3.8, 4) is 0 Å². The van der Waals surface area contributed by atoms with Crippen LogP contribution >= 0.6 is 11.6 Å². The third-order valence-electron chi connectivity index (χ3n) is 3.43. The van der Waals surface area contributed by atoms with Gasteiger partial charge in [-0.25, -0.2) is 0 Å². The minimum Gasteiger partial charge on any atom is -0.355 e. The number of halogens is 1. The van der Waals surface area contributed by atoms with Crippen LogP contribution in [0.25, 0.3) is 21.8 Å². The SMILES string of the molecule is Clc1ccc2c(Nc3ccc4cn[nH]c4c3)ccnc2c1. The molecule has 21 heavy (non-hydrogen) atoms. The summed E-state index contributed by atoms with van der Waals surface area (Å²) in [6.45, 7) is 0. The van der Waals surface area contributed by atoms with E-state index in [9.17, 15) is 0 Å². The van der Waals surface area contributed by atoms with Crippen molar-refractivity contribution in [1.29, 1.82) is 0 Å². The molecule has 4 aromatic rings. The van der Waals surface area contributed by atoms with Gasteiger partial charge < -0.3 is 5.32 Å². The largest absolute Gasteiger partial charge is 0.355 e. The van der Waals surface area contributed by atoms with E-state index >= 15 is 0 Å². The lowest BCUT2D eigenvalue weighted by atomic mass is 10.1. The molecule has 0 amide bonds. The first-order valence-electron chi connectivity index (χ1n) is 6.54. The zero-order chi connectivity index (χ0) is 14.2. The summed E-state index contributed by atoms with van der Waals surface area (Å²) in [5.74, 6) is 0. The molecule has 4 nitrogen and oxygen atoms in total. The standard InChI is InChI=1S/C16H11ClN4/c17-11-2-4-13-14(5-6-18-16(13)7-11)20-12-3-1-10-9-19-21-15(10)8-12/h1-9H,(H,18,20)(H,19,21). The number of hydrogen-bond donors (Lipinski definition) is 2. The maximum Gasteiger partial charge on any atom is 0.0737 e. The van der Waals surface area contributed by atoms with E-state index < -0.39 is 0 Å². The predicted octanol–water partition coefficient (Wildman–Crippen LogP) is 4.51. The van der Waals surface area contributed by atoms with E-state index in [1.165, 1.54) is 0 Å². The molecule has 0 spiro atoms. The highest BCUT2D eigenvalue weighted by atomic mass is 35.5. The summed E-state index contributed by atoms with van der Waals surface area (Å²) < 4.78 is 0. The third-order valence-corrected chi connectivity index (χ3v) is 3.66. The van der Waals surface area contributed by atoms with Gasteiger partial charge in [-0.1, -0.05) is 11.6 Å². The van der Waals surface area contributed by atoms with Crippen LogP contribution in [0.3, 0.4) is 0 Å². The second-order valence-electron chi connectivity index (χ2n) is 4.82. The lowest BCUT2D eigenvalue weighted by molar-refractivity contribution is 1.12. The Morgan fingerprint density at radius 1 is 1.05 bits per heavy atom. The van der Waals surface area contributed by atoms with Crippen LogP contribution in [0.4, 0.5) is 11.4 Å². The molecule has 2 N–H and O–H groups in total. The zero-order valence-corrected chi connectivity index (χ0v) is 11.7. The molecule has 0 unspecified atom stereocenters. The Kier molecular flexibility index (Phi) is 2.75. The minimum atomic E-state index is 0.686. The van der Waals surface area contributed by atoms with Crippen molar-refractivity contribution in [1.82, 2.24) is 15.2 Å². The Labute approximate surface area is 125 Å². The second-order valence-corrected chi connectivity index (χ2v) is 5.25. The van der Waals surface area contributed by atoms with Crippen molar-refractivity contribution in [2.75, 3.05) is 5.32 Å². The Morgan fingerprint density at radius 2 is 2.00 bits per heavy atom. The minimum absolute atomic E-state index is 0.686. The topological polar surface area (TPSA) is 53.6 Å². The summed E-state index contributed by atoms with van der Waals surface area (Å²) in [6, 6.07) is 13.7. The van der Waals surface area contributed by atoms with Crippen molar-refractivity contribution < 1.29 is 0 Å². The molecule has 2 aromatic carbocycles. The van der Waals surface area contributed by atoms with Gasteiger partial charge in [0.1, 0.15) is 0 Å². The monoisotopic (exact) mass is 294 g/mol. The zero-order valence-electron chi connectivity index (χ0n) is 11.0. The molecular weight excluding hydrogens is 284 g/mol. The maximum absolute atomic E-state index is 6.01. The Balaban J connectivity index is 1.79. The van der Waals surface area contributed by atoms with Crippen molar-refractivity contribution in [3.05, 3.63) is 59.9 Å². The van der Waals surface area contributed by atoms with Crippen LogP contribution in [0.15, 0.2) is 54.9 Å². The van der Waals surface area contributed by atoms with Gasteiger partial charge in [0.05, 0.1) is 17.2 Å². The average molecular weight is 295 g/mol. The normalized spacial score (nSPS) is 11.1. The predicted molar refractivity (Wildman–Crippen MR) is 86.1 cm³/mol. The van der Waals surface area contributed by atoms with Crippen LogP contribution in [-0.2, 0) is 0 Å². The number of benzene rings is 2. The second kappa shape index (κ2) is 4.75. The van der Waals surface area contributed by atoms with Crippen molar-refractivity contribution in [3.63, 3.8) is 0 Å². The van der Waals surface area contributed by atoms with Gasteiger partial charge in [0, 0.05) is 33.4 Å². The number of H-pyrrole nitrogens is 1. The summed E-state index contributed by atoms with van der Waals surface area (Å²) in [4.78, 5) is 4.35. The lowest BCUT2D eigenvalue weighted by Gasteiger charge is -2.09. The molecule has 2 aromatic heterocycles. The number of nitrogens with zero attached hydrogens (tertiary/aromatic N) is 2. The Morgan fingerprint density at radius 3 is 2.95 bits per heavy atom. The molecule has 0 bridgehead atoms. The molecule has 102 valence electrons. The van der Waals surface area contributed by atoms with Crippen molar-refractivity contribution >= 4 is 44.8 Å². The number of aromatic amines is 1. The molecule has 0 radical (unpaired) electrons. The van der Waals surface area contributed by atoms with Gasteiger partial charge >= 0.3 is 0 Å². The molecule has 2 heterocycles. The first-order valence-corrected chi connectivity index (χ1v) is 6.92. The van der Waals surface area contributed by atoms with E-state index in [1.54, 1.807) is 6.20 Å². The molecule has 0 aliphatic carbocycles. The first kappa shape index (κ1) is 12.2. The summed E-state index contributed by atoms with van der Waals surface area (Å²) in [6.07, 6.45) is 3.58. The smallest absolute Gasteiger partial charge is 0.0737 e. The first-order chi connectivity index (χ1) is 10.3. The van der Waals surface area contributed by atoms with E-state index in [-0.39, 0.29) is 0 Å². The maximum atomic E-state index is 6.01. The molecule has 0 fully saturated rings. The summed E-state index contributed by atoms with van der Waals surface area (Å²) in [7, 11) is 0. The van der Waals surface area contributed by atoms with Crippen LogP contribution in [0.2, 0.25) is 5.02 Å². The number of pyridine rings is 1. The van der Waals surface area contributed by atoms with E-state index in [0.717, 1.165) is 33.2 Å². The Bertz CT molecular complexity index is 945. The number of nitrogens with one attached hydrogen (secondary N) is 2. The van der Waals surface area contributed by atoms with E-state index in [0.29, 0.717) is 5.02 Å².